The fourth-order valence-corrected chi connectivity index (χ4v) is 3.71. The average molecular weight is 381 g/mol. The number of benzene rings is 2. The summed E-state index contributed by atoms with van der Waals surface area (Å²) in [5.74, 6) is -0.599. The minimum Gasteiger partial charge on any atom is -0.382 e. The summed E-state index contributed by atoms with van der Waals surface area (Å²) in [6, 6.07) is 14.4. The van der Waals surface area contributed by atoms with Crippen molar-refractivity contribution in [3.05, 3.63) is 59.9 Å². The molecule has 4 rings (SSSR count). The number of oxime groups is 1. The van der Waals surface area contributed by atoms with E-state index in [-0.39, 0.29) is 11.7 Å². The normalized spacial score (nSPS) is 19.6. The number of hydrogen-bond donors (Lipinski definition) is 2. The summed E-state index contributed by atoms with van der Waals surface area (Å²) in [4.78, 5) is 17.7. The molecule has 2 aromatic rings. The van der Waals surface area contributed by atoms with Crippen LogP contribution in [0.5, 0.6) is 0 Å². The van der Waals surface area contributed by atoms with Crippen LogP contribution >= 0.6 is 0 Å². The largest absolute Gasteiger partial charge is 0.382 e. The number of halogens is 1. The van der Waals surface area contributed by atoms with Crippen LogP contribution in [0.2, 0.25) is 0 Å². The maximum absolute atomic E-state index is 13.4. The molecule has 28 heavy (non-hydrogen) atoms. The van der Waals surface area contributed by atoms with Crippen molar-refractivity contribution in [1.82, 2.24) is 0 Å². The van der Waals surface area contributed by atoms with Crippen molar-refractivity contribution in [2.45, 2.75) is 50.7 Å². The van der Waals surface area contributed by atoms with Gasteiger partial charge >= 0.3 is 0 Å². The Bertz CT molecular complexity index is 860. The van der Waals surface area contributed by atoms with Crippen molar-refractivity contribution in [3.8, 4) is 0 Å². The lowest BCUT2D eigenvalue weighted by Gasteiger charge is -2.24. The van der Waals surface area contributed by atoms with Gasteiger partial charge in [0.15, 0.2) is 0 Å². The molecule has 0 saturated heterocycles. The summed E-state index contributed by atoms with van der Waals surface area (Å²) in [5.41, 5.74) is 2.99. The van der Waals surface area contributed by atoms with Crippen molar-refractivity contribution in [1.29, 1.82) is 0 Å². The van der Waals surface area contributed by atoms with Crippen molar-refractivity contribution < 1.29 is 14.0 Å². The van der Waals surface area contributed by atoms with Gasteiger partial charge in [0, 0.05) is 29.4 Å². The molecular weight excluding hydrogens is 357 g/mol. The van der Waals surface area contributed by atoms with Crippen molar-refractivity contribution in [3.63, 3.8) is 0 Å². The highest BCUT2D eigenvalue weighted by atomic mass is 19.1. The van der Waals surface area contributed by atoms with E-state index in [0.29, 0.717) is 29.4 Å². The summed E-state index contributed by atoms with van der Waals surface area (Å²) >= 11 is 0. The van der Waals surface area contributed by atoms with Gasteiger partial charge in [-0.1, -0.05) is 36.6 Å². The van der Waals surface area contributed by atoms with E-state index in [1.807, 2.05) is 24.3 Å². The first-order valence-corrected chi connectivity index (χ1v) is 9.83. The Morgan fingerprint density at radius 2 is 1.79 bits per heavy atom. The molecule has 6 heteroatoms. The van der Waals surface area contributed by atoms with Crippen LogP contribution in [0.3, 0.4) is 0 Å². The van der Waals surface area contributed by atoms with Crippen LogP contribution in [0.15, 0.2) is 53.7 Å². The van der Waals surface area contributed by atoms with Gasteiger partial charge in [-0.2, -0.15) is 0 Å². The number of amides is 1. The maximum Gasteiger partial charge on any atom is 0.268 e. The Labute approximate surface area is 164 Å². The fraction of sp³-hybridized carbons (Fsp3) is 0.364. The molecule has 1 aliphatic heterocycles. The first-order valence-electron chi connectivity index (χ1n) is 9.83. The molecule has 1 saturated carbocycles. The summed E-state index contributed by atoms with van der Waals surface area (Å²) in [6.07, 6.45) is 5.93. The molecule has 0 spiro atoms. The minimum atomic E-state index is -0.710. The van der Waals surface area contributed by atoms with Gasteiger partial charge in [0.05, 0.1) is 5.71 Å². The molecular formula is C22H24FN3O2. The van der Waals surface area contributed by atoms with Crippen LogP contribution in [-0.2, 0) is 9.63 Å². The molecule has 1 unspecified atom stereocenters. The Morgan fingerprint density at radius 3 is 2.54 bits per heavy atom. The summed E-state index contributed by atoms with van der Waals surface area (Å²) in [5, 5.41) is 10.4. The lowest BCUT2D eigenvalue weighted by Crippen LogP contribution is -2.28. The second kappa shape index (κ2) is 8.42. The van der Waals surface area contributed by atoms with Gasteiger partial charge in [-0.25, -0.2) is 4.39 Å². The highest BCUT2D eigenvalue weighted by Gasteiger charge is 2.29. The van der Waals surface area contributed by atoms with Gasteiger partial charge in [0.2, 0.25) is 6.10 Å². The average Bonchev–Trinajstić information content (AvgIpc) is 3.21. The molecule has 0 bridgehead atoms. The number of carbonyl (C=O) groups excluding carboxylic acids is 1. The van der Waals surface area contributed by atoms with Crippen molar-refractivity contribution in [2.75, 3.05) is 10.6 Å². The zero-order valence-corrected chi connectivity index (χ0v) is 15.7. The molecule has 5 nitrogen and oxygen atoms in total. The minimum absolute atomic E-state index is 0.261. The molecule has 1 atom stereocenters. The van der Waals surface area contributed by atoms with E-state index in [4.69, 9.17) is 4.84 Å². The highest BCUT2D eigenvalue weighted by Crippen LogP contribution is 2.23. The second-order valence-electron chi connectivity index (χ2n) is 7.39. The van der Waals surface area contributed by atoms with Gasteiger partial charge in [-0.3, -0.25) is 4.79 Å². The van der Waals surface area contributed by atoms with Gasteiger partial charge < -0.3 is 15.5 Å². The standard InChI is InChI=1S/C22H24FN3O2/c23-16-6-4-5-15(13-16)20-14-21(28-26-20)22(27)25-19-11-9-18(10-12-19)24-17-7-2-1-3-8-17/h4-6,9-13,17,21,24H,1-3,7-8,14H2,(H,25,27). The van der Waals surface area contributed by atoms with Gasteiger partial charge in [0.1, 0.15) is 5.82 Å². The number of anilines is 2. The van der Waals surface area contributed by atoms with Gasteiger partial charge in [-0.05, 0) is 49.2 Å². The molecule has 2 N–H and O–H groups in total. The second-order valence-corrected chi connectivity index (χ2v) is 7.39. The van der Waals surface area contributed by atoms with E-state index in [0.717, 1.165) is 5.69 Å². The molecule has 1 amide bonds. The van der Waals surface area contributed by atoms with E-state index in [2.05, 4.69) is 15.8 Å². The molecule has 0 aromatic heterocycles. The SMILES string of the molecule is O=C(Nc1ccc(NC2CCCCC2)cc1)C1CC(c2cccc(F)c2)=NO1. The molecule has 146 valence electrons. The summed E-state index contributed by atoms with van der Waals surface area (Å²) < 4.78 is 13.4. The number of nitrogens with one attached hydrogen (secondary N) is 2. The Balaban J connectivity index is 1.30. The number of hydrogen-bond acceptors (Lipinski definition) is 4. The first-order chi connectivity index (χ1) is 13.7. The van der Waals surface area contributed by atoms with Crippen molar-refractivity contribution in [2.24, 2.45) is 5.16 Å². The van der Waals surface area contributed by atoms with E-state index in [1.165, 1.54) is 44.2 Å². The lowest BCUT2D eigenvalue weighted by atomic mass is 9.95. The van der Waals surface area contributed by atoms with Crippen LogP contribution in [-0.4, -0.2) is 23.8 Å². The molecule has 2 aliphatic rings. The number of rotatable bonds is 5. The number of nitrogens with zero attached hydrogens (tertiary/aromatic N) is 1. The van der Waals surface area contributed by atoms with Gasteiger partial charge in [0.25, 0.3) is 5.91 Å². The molecule has 1 aliphatic carbocycles. The zero-order chi connectivity index (χ0) is 19.3. The number of carbonyl (C=O) groups is 1. The smallest absolute Gasteiger partial charge is 0.268 e. The molecule has 2 aromatic carbocycles. The Hall–Kier alpha value is -2.89. The van der Waals surface area contributed by atoms with E-state index < -0.39 is 6.10 Å². The van der Waals surface area contributed by atoms with Crippen LogP contribution in [0.1, 0.15) is 44.1 Å². The fourth-order valence-electron chi connectivity index (χ4n) is 3.71. The van der Waals surface area contributed by atoms with Crippen LogP contribution in [0.4, 0.5) is 15.8 Å². The molecule has 1 fully saturated rings. The first kappa shape index (κ1) is 18.5. The predicted octanol–water partition coefficient (Wildman–Crippen LogP) is 4.70. The van der Waals surface area contributed by atoms with Gasteiger partial charge in [-0.15, -0.1) is 0 Å². The topological polar surface area (TPSA) is 62.7 Å². The lowest BCUT2D eigenvalue weighted by molar-refractivity contribution is -0.125. The third-order valence-corrected chi connectivity index (χ3v) is 5.25. The Morgan fingerprint density at radius 1 is 1.04 bits per heavy atom. The van der Waals surface area contributed by atoms with E-state index in [9.17, 15) is 9.18 Å². The highest BCUT2D eigenvalue weighted by molar-refractivity contribution is 6.06. The van der Waals surface area contributed by atoms with Crippen LogP contribution in [0, 0.1) is 5.82 Å². The zero-order valence-electron chi connectivity index (χ0n) is 15.7. The van der Waals surface area contributed by atoms with Crippen LogP contribution in [0.25, 0.3) is 0 Å². The molecule has 1 heterocycles. The van der Waals surface area contributed by atoms with Crippen LogP contribution < -0.4 is 10.6 Å². The Kier molecular flexibility index (Phi) is 5.55. The summed E-state index contributed by atoms with van der Waals surface area (Å²) in [6.45, 7) is 0. The quantitative estimate of drug-likeness (QED) is 0.789. The molecule has 0 radical (unpaired) electrons. The summed E-state index contributed by atoms with van der Waals surface area (Å²) in [7, 11) is 0. The van der Waals surface area contributed by atoms with E-state index in [1.54, 1.807) is 12.1 Å². The van der Waals surface area contributed by atoms with E-state index >= 15 is 0 Å². The monoisotopic (exact) mass is 381 g/mol. The predicted molar refractivity (Wildman–Crippen MR) is 108 cm³/mol. The van der Waals surface area contributed by atoms with Crippen molar-refractivity contribution >= 4 is 23.0 Å². The maximum atomic E-state index is 13.4. The third kappa shape index (κ3) is 4.50. The third-order valence-electron chi connectivity index (χ3n) is 5.25.